The van der Waals surface area contributed by atoms with E-state index >= 15 is 0 Å². The summed E-state index contributed by atoms with van der Waals surface area (Å²) in [4.78, 5) is -0.0113. The summed E-state index contributed by atoms with van der Waals surface area (Å²) in [5.74, 6) is 0.168. The fourth-order valence-corrected chi connectivity index (χ4v) is 3.23. The fraction of sp³-hybridized carbons (Fsp3) is 0.800. The monoisotopic (exact) mass is 414 g/mol. The summed E-state index contributed by atoms with van der Waals surface area (Å²) < 4.78 is -0.519. The lowest BCUT2D eigenvalue weighted by molar-refractivity contribution is 0.158. The largest absolute Gasteiger partial charge is 0.390 e. The molecule has 0 radical (unpaired) electrons. The second kappa shape index (κ2) is 7.85. The van der Waals surface area contributed by atoms with Gasteiger partial charge in [-0.05, 0) is 25.8 Å². The van der Waals surface area contributed by atoms with Crippen LogP contribution in [0, 0.1) is 0 Å². The van der Waals surface area contributed by atoms with Gasteiger partial charge in [0.2, 0.25) is 0 Å². The zero-order chi connectivity index (χ0) is 12.9. The maximum Gasteiger partial charge on any atom is 0.0836 e. The third kappa shape index (κ3) is 5.03. The van der Waals surface area contributed by atoms with Crippen LogP contribution < -0.4 is 0 Å². The van der Waals surface area contributed by atoms with Gasteiger partial charge in [0.15, 0.2) is 0 Å². The Bertz CT molecular complexity index is 246. The highest BCUT2D eigenvalue weighted by Crippen LogP contribution is 2.36. The van der Waals surface area contributed by atoms with Crippen molar-refractivity contribution < 1.29 is 5.11 Å². The van der Waals surface area contributed by atoms with E-state index in [0.717, 1.165) is 5.57 Å². The van der Waals surface area contributed by atoms with Crippen LogP contribution in [0.5, 0.6) is 0 Å². The van der Waals surface area contributed by atoms with Crippen LogP contribution >= 0.6 is 66.7 Å². The van der Waals surface area contributed by atoms with Gasteiger partial charge < -0.3 is 5.11 Å². The van der Waals surface area contributed by atoms with Crippen molar-refractivity contribution in [2.24, 2.45) is 0 Å². The first-order chi connectivity index (χ1) is 7.27. The second-order valence-corrected chi connectivity index (χ2v) is 7.71. The third-order valence-electron chi connectivity index (χ3n) is 2.49. The molecule has 16 heavy (non-hydrogen) atoms. The molecular formula is C10H15Br2Cl3O. The number of alkyl halides is 4. The van der Waals surface area contributed by atoms with Crippen molar-refractivity contribution in [2.75, 3.05) is 5.88 Å². The minimum Gasteiger partial charge on any atom is -0.390 e. The summed E-state index contributed by atoms with van der Waals surface area (Å²) in [6.07, 6.45) is -0.00514. The number of allylic oxidation sites excluding steroid dienone is 1. The normalized spacial score (nSPS) is 22.4. The lowest BCUT2D eigenvalue weighted by atomic mass is 9.97. The fourth-order valence-electron chi connectivity index (χ4n) is 1.03. The smallest absolute Gasteiger partial charge is 0.0836 e. The van der Waals surface area contributed by atoms with Gasteiger partial charge in [0.05, 0.1) is 15.8 Å². The summed E-state index contributed by atoms with van der Waals surface area (Å²) in [7, 11) is 0. The standard InChI is InChI=1S/C10H15Br2Cl3O/c1-6(4-13)7(15)3-8(11)10(2,12)9(16)5-14/h4,7-9,16H,3,5H2,1-2H3/b6-4-/t7-,8-,9-,10-/m1/s1. The Kier molecular flexibility index (Phi) is 8.61. The molecule has 0 aromatic rings. The number of halogens is 5. The molecule has 1 N–H and O–H groups in total. The van der Waals surface area contributed by atoms with Gasteiger partial charge in [0.25, 0.3) is 0 Å². The number of aliphatic hydroxyl groups is 1. The maximum atomic E-state index is 9.77. The molecule has 0 bridgehead atoms. The van der Waals surface area contributed by atoms with Gasteiger partial charge in [-0.3, -0.25) is 0 Å². The quantitative estimate of drug-likeness (QED) is 0.625. The highest BCUT2D eigenvalue weighted by atomic mass is 79.9. The van der Waals surface area contributed by atoms with Crippen LogP contribution in [0.4, 0.5) is 0 Å². The Labute approximate surface area is 129 Å². The molecule has 0 saturated heterocycles. The summed E-state index contributed by atoms with van der Waals surface area (Å²) in [5, 5.41) is 9.61. The molecule has 6 heteroatoms. The molecule has 0 aromatic carbocycles. The van der Waals surface area contributed by atoms with Crippen molar-refractivity contribution in [3.05, 3.63) is 11.1 Å². The van der Waals surface area contributed by atoms with Crippen molar-refractivity contribution in [3.63, 3.8) is 0 Å². The molecule has 0 unspecified atom stereocenters. The Hall–Kier alpha value is 1.53. The van der Waals surface area contributed by atoms with Gasteiger partial charge in [-0.2, -0.15) is 0 Å². The van der Waals surface area contributed by atoms with Crippen LogP contribution in [0.2, 0.25) is 0 Å². The molecule has 0 spiro atoms. The van der Waals surface area contributed by atoms with Crippen LogP contribution in [0.3, 0.4) is 0 Å². The third-order valence-corrected chi connectivity index (χ3v) is 6.67. The molecule has 1 nitrogen and oxygen atoms in total. The number of hydrogen-bond donors (Lipinski definition) is 1. The summed E-state index contributed by atoms with van der Waals surface area (Å²) in [5.41, 5.74) is 2.37. The van der Waals surface area contributed by atoms with E-state index in [2.05, 4.69) is 31.9 Å². The minimum atomic E-state index is -0.650. The van der Waals surface area contributed by atoms with Crippen LogP contribution in [-0.2, 0) is 0 Å². The van der Waals surface area contributed by atoms with Crippen LogP contribution in [0.15, 0.2) is 11.1 Å². The molecule has 0 saturated carbocycles. The van der Waals surface area contributed by atoms with Crippen LogP contribution in [0.1, 0.15) is 20.3 Å². The lowest BCUT2D eigenvalue weighted by Gasteiger charge is -2.33. The molecule has 0 rings (SSSR count). The average molecular weight is 417 g/mol. The predicted octanol–water partition coefficient (Wildman–Crippen LogP) is 4.64. The predicted molar refractivity (Wildman–Crippen MR) is 80.6 cm³/mol. The Balaban J connectivity index is 4.51. The maximum absolute atomic E-state index is 9.77. The van der Waals surface area contributed by atoms with E-state index < -0.39 is 10.4 Å². The van der Waals surface area contributed by atoms with Crippen molar-refractivity contribution in [1.29, 1.82) is 0 Å². The van der Waals surface area contributed by atoms with Crippen LogP contribution in [0.25, 0.3) is 0 Å². The van der Waals surface area contributed by atoms with Crippen molar-refractivity contribution in [3.8, 4) is 0 Å². The van der Waals surface area contributed by atoms with Crippen LogP contribution in [-0.4, -0.2) is 31.6 Å². The van der Waals surface area contributed by atoms with Gasteiger partial charge in [-0.15, -0.1) is 23.2 Å². The summed E-state index contributed by atoms with van der Waals surface area (Å²) in [6.45, 7) is 3.75. The average Bonchev–Trinajstić information content (AvgIpc) is 2.26. The highest BCUT2D eigenvalue weighted by molar-refractivity contribution is 9.12. The van der Waals surface area contributed by atoms with E-state index in [1.807, 2.05) is 13.8 Å². The molecule has 4 atom stereocenters. The molecule has 0 fully saturated rings. The molecular weight excluding hydrogens is 402 g/mol. The van der Waals surface area contributed by atoms with Crippen molar-refractivity contribution in [2.45, 2.75) is 40.9 Å². The summed E-state index contributed by atoms with van der Waals surface area (Å²) in [6, 6.07) is 0. The topological polar surface area (TPSA) is 20.2 Å². The van der Waals surface area contributed by atoms with Gasteiger partial charge in [-0.1, -0.05) is 43.5 Å². The Morgan fingerprint density at radius 2 is 2.06 bits per heavy atom. The molecule has 96 valence electrons. The van der Waals surface area contributed by atoms with E-state index in [-0.39, 0.29) is 16.1 Å². The van der Waals surface area contributed by atoms with E-state index in [4.69, 9.17) is 34.8 Å². The Morgan fingerprint density at radius 1 is 1.56 bits per heavy atom. The minimum absolute atomic E-state index is 0.0113. The molecule has 0 aromatic heterocycles. The first kappa shape index (κ1) is 17.5. The highest BCUT2D eigenvalue weighted by Gasteiger charge is 2.37. The molecule has 0 aliphatic rings. The zero-order valence-corrected chi connectivity index (χ0v) is 14.5. The molecule has 0 amide bonds. The summed E-state index contributed by atoms with van der Waals surface area (Å²) >= 11 is 24.4. The van der Waals surface area contributed by atoms with Gasteiger partial charge in [-0.25, -0.2) is 0 Å². The van der Waals surface area contributed by atoms with Gasteiger partial charge in [0, 0.05) is 16.2 Å². The van der Waals surface area contributed by atoms with E-state index in [1.165, 1.54) is 5.54 Å². The number of aliphatic hydroxyl groups excluding tert-OH is 1. The molecule has 0 heterocycles. The first-order valence-corrected chi connectivity index (χ1v) is 7.86. The zero-order valence-electron chi connectivity index (χ0n) is 9.06. The van der Waals surface area contributed by atoms with Gasteiger partial charge in [0.1, 0.15) is 0 Å². The SMILES string of the molecule is C/C(=C/Cl)[C@H](Cl)C[C@@H](Br)[C@@](C)(Br)[C@H](O)CCl. The lowest BCUT2D eigenvalue weighted by Crippen LogP contribution is -2.43. The van der Waals surface area contributed by atoms with E-state index in [0.29, 0.717) is 6.42 Å². The number of rotatable bonds is 6. The molecule has 0 aliphatic heterocycles. The number of hydrogen-bond acceptors (Lipinski definition) is 1. The van der Waals surface area contributed by atoms with Crippen molar-refractivity contribution in [1.82, 2.24) is 0 Å². The molecule has 0 aliphatic carbocycles. The second-order valence-electron chi connectivity index (χ2n) is 3.85. The van der Waals surface area contributed by atoms with E-state index in [1.54, 1.807) is 0 Å². The first-order valence-electron chi connectivity index (χ1n) is 4.75. The van der Waals surface area contributed by atoms with E-state index in [9.17, 15) is 5.11 Å². The van der Waals surface area contributed by atoms with Gasteiger partial charge >= 0.3 is 0 Å². The Morgan fingerprint density at radius 3 is 2.44 bits per heavy atom. The van der Waals surface area contributed by atoms with Crippen molar-refractivity contribution >= 4 is 66.7 Å².